The van der Waals surface area contributed by atoms with Crippen LogP contribution < -0.4 is 5.32 Å². The van der Waals surface area contributed by atoms with Crippen molar-refractivity contribution in [2.75, 3.05) is 5.32 Å². The highest BCUT2D eigenvalue weighted by atomic mass is 79.9. The number of furan rings is 1. The Morgan fingerprint density at radius 3 is 2.61 bits per heavy atom. The predicted molar refractivity (Wildman–Crippen MR) is 88.6 cm³/mol. The van der Waals surface area contributed by atoms with Gasteiger partial charge in [0.15, 0.2) is 15.6 Å². The van der Waals surface area contributed by atoms with Crippen molar-refractivity contribution < 1.29 is 14.1 Å². The molecule has 0 saturated heterocycles. The lowest BCUT2D eigenvalue weighted by atomic mass is 10.1. The highest BCUT2D eigenvalue weighted by Crippen LogP contribution is 2.27. The fraction of sp³-hybridized carbons (Fsp3) is 0. The largest absolute Gasteiger partial charge is 0.444 e. The Morgan fingerprint density at radius 1 is 1.26 bits per heavy atom. The van der Waals surface area contributed by atoms with Gasteiger partial charge in [0.25, 0.3) is 11.6 Å². The average Bonchev–Trinajstić information content (AvgIpc) is 3.16. The van der Waals surface area contributed by atoms with Crippen LogP contribution in [0.25, 0.3) is 11.3 Å². The van der Waals surface area contributed by atoms with E-state index in [4.69, 9.17) is 4.42 Å². The van der Waals surface area contributed by atoms with Crippen LogP contribution in [-0.4, -0.2) is 15.8 Å². The number of carbonyl (C=O) groups is 1. The van der Waals surface area contributed by atoms with E-state index >= 15 is 0 Å². The Kier molecular flexibility index (Phi) is 4.22. The molecule has 1 amide bonds. The van der Waals surface area contributed by atoms with Crippen molar-refractivity contribution in [3.8, 4) is 11.3 Å². The maximum Gasteiger partial charge on any atom is 0.293 e. The van der Waals surface area contributed by atoms with Crippen molar-refractivity contribution in [1.82, 2.24) is 4.98 Å². The molecule has 0 atom stereocenters. The van der Waals surface area contributed by atoms with E-state index in [2.05, 4.69) is 26.2 Å². The van der Waals surface area contributed by atoms with Crippen LogP contribution in [0.5, 0.6) is 0 Å². The third-order valence-corrected chi connectivity index (χ3v) is 4.08. The summed E-state index contributed by atoms with van der Waals surface area (Å²) in [7, 11) is 0. The molecule has 3 aromatic rings. The van der Waals surface area contributed by atoms with Crippen LogP contribution >= 0.6 is 27.3 Å². The molecular formula is C14H8BrN3O4S. The van der Waals surface area contributed by atoms with Gasteiger partial charge in [-0.1, -0.05) is 0 Å². The number of thiazole rings is 1. The lowest BCUT2D eigenvalue weighted by Gasteiger charge is -1.98. The van der Waals surface area contributed by atoms with Gasteiger partial charge in [0.05, 0.1) is 10.6 Å². The van der Waals surface area contributed by atoms with Gasteiger partial charge in [0.1, 0.15) is 0 Å². The summed E-state index contributed by atoms with van der Waals surface area (Å²) in [6, 6.07) is 9.22. The first-order valence-electron chi connectivity index (χ1n) is 6.30. The maximum absolute atomic E-state index is 12.0. The quantitative estimate of drug-likeness (QED) is 0.525. The number of anilines is 1. The molecule has 116 valence electrons. The molecule has 0 unspecified atom stereocenters. The van der Waals surface area contributed by atoms with Gasteiger partial charge >= 0.3 is 0 Å². The smallest absolute Gasteiger partial charge is 0.293 e. The molecule has 0 radical (unpaired) electrons. The number of nitrogens with one attached hydrogen (secondary N) is 1. The van der Waals surface area contributed by atoms with Crippen LogP contribution in [0.3, 0.4) is 0 Å². The monoisotopic (exact) mass is 393 g/mol. The number of nitro benzene ring substituents is 1. The minimum Gasteiger partial charge on any atom is -0.444 e. The minimum atomic E-state index is -0.460. The second kappa shape index (κ2) is 6.31. The van der Waals surface area contributed by atoms with Gasteiger partial charge in [0.2, 0.25) is 0 Å². The van der Waals surface area contributed by atoms with E-state index in [0.717, 1.165) is 5.56 Å². The third-order valence-electron chi connectivity index (χ3n) is 2.90. The fourth-order valence-electron chi connectivity index (χ4n) is 1.81. The molecule has 1 N–H and O–H groups in total. The van der Waals surface area contributed by atoms with E-state index in [1.54, 1.807) is 29.6 Å². The van der Waals surface area contributed by atoms with Crippen molar-refractivity contribution >= 4 is 44.0 Å². The van der Waals surface area contributed by atoms with Gasteiger partial charge in [0, 0.05) is 23.1 Å². The number of carbonyl (C=O) groups excluding carboxylic acids is 1. The number of hydrogen-bond donors (Lipinski definition) is 1. The average molecular weight is 394 g/mol. The van der Waals surface area contributed by atoms with E-state index in [1.165, 1.54) is 23.5 Å². The zero-order valence-electron chi connectivity index (χ0n) is 11.4. The van der Waals surface area contributed by atoms with Gasteiger partial charge in [-0.15, -0.1) is 11.3 Å². The lowest BCUT2D eigenvalue weighted by Crippen LogP contribution is -2.10. The van der Waals surface area contributed by atoms with E-state index in [9.17, 15) is 14.9 Å². The number of non-ortho nitro benzene ring substituents is 1. The van der Waals surface area contributed by atoms with Crippen LogP contribution in [0.2, 0.25) is 0 Å². The highest BCUT2D eigenvalue weighted by molar-refractivity contribution is 9.10. The third kappa shape index (κ3) is 3.46. The normalized spacial score (nSPS) is 10.5. The van der Waals surface area contributed by atoms with Crippen LogP contribution in [0.1, 0.15) is 10.6 Å². The molecule has 0 aliphatic carbocycles. The van der Waals surface area contributed by atoms with Gasteiger partial charge in [-0.05, 0) is 40.2 Å². The van der Waals surface area contributed by atoms with Crippen molar-refractivity contribution in [3.05, 3.63) is 62.3 Å². The van der Waals surface area contributed by atoms with Gasteiger partial charge < -0.3 is 4.42 Å². The molecule has 0 fully saturated rings. The van der Waals surface area contributed by atoms with E-state index in [-0.39, 0.29) is 11.4 Å². The zero-order chi connectivity index (χ0) is 16.4. The standard InChI is InChI=1S/C14H8BrN3O4S/c15-12-6-5-11(22-12)13(19)17-14-16-10(7-23-14)8-1-3-9(4-2-8)18(20)21/h1-7H,(H,16,17,19). The number of nitrogens with zero attached hydrogens (tertiary/aromatic N) is 2. The summed E-state index contributed by atoms with van der Waals surface area (Å²) in [6.45, 7) is 0. The van der Waals surface area contributed by atoms with Gasteiger partial charge in [-0.2, -0.15) is 0 Å². The Hall–Kier alpha value is -2.52. The Balaban J connectivity index is 1.75. The van der Waals surface area contributed by atoms with Crippen LogP contribution in [0.15, 0.2) is 50.9 Å². The summed E-state index contributed by atoms with van der Waals surface area (Å²) in [4.78, 5) is 26.4. The summed E-state index contributed by atoms with van der Waals surface area (Å²) >= 11 is 4.38. The zero-order valence-corrected chi connectivity index (χ0v) is 13.8. The Bertz CT molecular complexity index is 872. The first kappa shape index (κ1) is 15.4. The molecule has 0 aliphatic heterocycles. The van der Waals surface area contributed by atoms with E-state index in [1.807, 2.05) is 0 Å². The van der Waals surface area contributed by atoms with Crippen molar-refractivity contribution in [2.24, 2.45) is 0 Å². The number of aromatic nitrogens is 1. The summed E-state index contributed by atoms with van der Waals surface area (Å²) in [5, 5.41) is 15.5. The molecule has 1 aromatic carbocycles. The Morgan fingerprint density at radius 2 is 2.00 bits per heavy atom. The number of rotatable bonds is 4. The van der Waals surface area contributed by atoms with Crippen molar-refractivity contribution in [2.45, 2.75) is 0 Å². The molecule has 0 saturated carbocycles. The first-order valence-corrected chi connectivity index (χ1v) is 7.97. The molecule has 0 bridgehead atoms. The SMILES string of the molecule is O=C(Nc1nc(-c2ccc([N+](=O)[O-])cc2)cs1)c1ccc(Br)o1. The molecule has 23 heavy (non-hydrogen) atoms. The molecule has 9 heteroatoms. The number of nitro groups is 1. The van der Waals surface area contributed by atoms with Crippen LogP contribution in [-0.2, 0) is 0 Å². The molecule has 2 heterocycles. The summed E-state index contributed by atoms with van der Waals surface area (Å²) in [5.74, 6) is -0.232. The molecular weight excluding hydrogens is 386 g/mol. The highest BCUT2D eigenvalue weighted by Gasteiger charge is 2.13. The molecule has 7 nitrogen and oxygen atoms in total. The lowest BCUT2D eigenvalue weighted by molar-refractivity contribution is -0.384. The number of hydrogen-bond acceptors (Lipinski definition) is 6. The van der Waals surface area contributed by atoms with Crippen LogP contribution in [0.4, 0.5) is 10.8 Å². The van der Waals surface area contributed by atoms with Crippen molar-refractivity contribution in [1.29, 1.82) is 0 Å². The summed E-state index contributed by atoms with van der Waals surface area (Å²) in [6.07, 6.45) is 0. The van der Waals surface area contributed by atoms with E-state index in [0.29, 0.717) is 15.5 Å². The molecule has 0 spiro atoms. The molecule has 3 rings (SSSR count). The number of amides is 1. The Labute approximate surface area is 142 Å². The van der Waals surface area contributed by atoms with E-state index < -0.39 is 10.8 Å². The topological polar surface area (TPSA) is 98.3 Å². The first-order chi connectivity index (χ1) is 11.0. The maximum atomic E-state index is 12.0. The van der Waals surface area contributed by atoms with Crippen LogP contribution in [0, 0.1) is 10.1 Å². The van der Waals surface area contributed by atoms with Crippen molar-refractivity contribution in [3.63, 3.8) is 0 Å². The summed E-state index contributed by atoms with van der Waals surface area (Å²) in [5.41, 5.74) is 1.37. The van der Waals surface area contributed by atoms with Gasteiger partial charge in [-0.3, -0.25) is 20.2 Å². The second-order valence-electron chi connectivity index (χ2n) is 4.40. The number of benzene rings is 1. The predicted octanol–water partition coefficient (Wildman–Crippen LogP) is 4.33. The summed E-state index contributed by atoms with van der Waals surface area (Å²) < 4.78 is 5.63. The fourth-order valence-corrected chi connectivity index (χ4v) is 2.83. The van der Waals surface area contributed by atoms with Gasteiger partial charge in [-0.25, -0.2) is 4.98 Å². The number of halogens is 1. The molecule has 0 aliphatic rings. The molecule has 2 aromatic heterocycles. The minimum absolute atomic E-state index is 0.0147. The second-order valence-corrected chi connectivity index (χ2v) is 6.04.